The third kappa shape index (κ3) is 4.17. The highest BCUT2D eigenvalue weighted by atomic mass is 32.1. The Bertz CT molecular complexity index is 714. The van der Waals surface area contributed by atoms with E-state index in [0.29, 0.717) is 0 Å². The van der Waals surface area contributed by atoms with Gasteiger partial charge in [0.15, 0.2) is 12.3 Å². The number of hydrogen-bond acceptors (Lipinski definition) is 5. The highest BCUT2D eigenvalue weighted by molar-refractivity contribution is 7.13. The Balaban J connectivity index is 1.96. The smallest absolute Gasteiger partial charge is 0.358 e. The Morgan fingerprint density at radius 2 is 2.09 bits per heavy atom. The van der Waals surface area contributed by atoms with Gasteiger partial charge in [-0.25, -0.2) is 9.78 Å². The zero-order valence-electron chi connectivity index (χ0n) is 12.0. The van der Waals surface area contributed by atoms with E-state index in [0.717, 1.165) is 16.1 Å². The quantitative estimate of drug-likeness (QED) is 0.677. The van der Waals surface area contributed by atoms with E-state index < -0.39 is 11.9 Å². The van der Waals surface area contributed by atoms with Gasteiger partial charge in [-0.15, -0.1) is 17.8 Å². The first-order valence-corrected chi connectivity index (χ1v) is 7.38. The van der Waals surface area contributed by atoms with Gasteiger partial charge < -0.3 is 10.1 Å². The first-order valence-electron chi connectivity index (χ1n) is 6.50. The average molecular weight is 314 g/mol. The number of benzene rings is 1. The topological polar surface area (TPSA) is 68.3 Å². The molecule has 0 aliphatic heterocycles. The summed E-state index contributed by atoms with van der Waals surface area (Å²) in [4.78, 5) is 27.3. The molecule has 22 heavy (non-hydrogen) atoms. The Morgan fingerprint density at radius 1 is 1.36 bits per heavy atom. The van der Waals surface area contributed by atoms with Crippen LogP contribution in [0.3, 0.4) is 0 Å². The summed E-state index contributed by atoms with van der Waals surface area (Å²) in [6, 6.07) is 7.84. The monoisotopic (exact) mass is 314 g/mol. The van der Waals surface area contributed by atoms with Gasteiger partial charge in [-0.05, 0) is 6.92 Å². The second-order valence-corrected chi connectivity index (χ2v) is 5.32. The zero-order chi connectivity index (χ0) is 15.9. The Morgan fingerprint density at radius 3 is 2.77 bits per heavy atom. The van der Waals surface area contributed by atoms with Crippen LogP contribution in [0.2, 0.25) is 0 Å². The van der Waals surface area contributed by atoms with Crippen molar-refractivity contribution in [2.24, 2.45) is 0 Å². The molecule has 2 rings (SSSR count). The number of carbonyl (C=O) groups is 2. The van der Waals surface area contributed by atoms with Crippen LogP contribution in [-0.2, 0) is 9.53 Å². The second kappa shape index (κ2) is 7.38. The lowest BCUT2D eigenvalue weighted by Crippen LogP contribution is -2.29. The number of nitrogens with zero attached hydrogens (tertiary/aromatic N) is 1. The highest BCUT2D eigenvalue weighted by Gasteiger charge is 2.14. The molecule has 112 valence electrons. The minimum atomic E-state index is -0.634. The maximum atomic E-state index is 11.8. The number of aryl methyl sites for hydroxylation is 1. The molecule has 0 saturated carbocycles. The normalized spacial score (nSPS) is 9.82. The van der Waals surface area contributed by atoms with Crippen molar-refractivity contribution in [2.45, 2.75) is 6.92 Å². The molecule has 5 nitrogen and oxygen atoms in total. The molecule has 0 fully saturated rings. The maximum Gasteiger partial charge on any atom is 0.358 e. The molecule has 0 spiro atoms. The summed E-state index contributed by atoms with van der Waals surface area (Å²) >= 11 is 1.35. The number of aromatic nitrogens is 1. The molecule has 1 heterocycles. The van der Waals surface area contributed by atoms with Crippen LogP contribution in [0.15, 0.2) is 29.6 Å². The third-order valence-corrected chi connectivity index (χ3v) is 3.63. The molecule has 0 unspecified atom stereocenters. The molecule has 0 atom stereocenters. The van der Waals surface area contributed by atoms with Crippen molar-refractivity contribution in [2.75, 3.05) is 13.2 Å². The summed E-state index contributed by atoms with van der Waals surface area (Å²) in [6.07, 6.45) is 5.01. The van der Waals surface area contributed by atoms with Crippen LogP contribution < -0.4 is 5.32 Å². The van der Waals surface area contributed by atoms with Crippen LogP contribution in [0.1, 0.15) is 16.1 Å². The zero-order valence-corrected chi connectivity index (χ0v) is 12.8. The van der Waals surface area contributed by atoms with Crippen molar-refractivity contribution in [1.29, 1.82) is 0 Å². The number of ether oxygens (including phenoxy) is 1. The van der Waals surface area contributed by atoms with Gasteiger partial charge in [0.2, 0.25) is 0 Å². The standard InChI is InChI=1S/C16H14N2O3S/c1-3-8-17-14(19)9-21-16(20)13-10-22-15(18-13)12-6-4-11(2)5-7-12/h1,4-7,10H,8-9H2,2H3,(H,17,19). The lowest BCUT2D eigenvalue weighted by molar-refractivity contribution is -0.123. The van der Waals surface area contributed by atoms with E-state index in [-0.39, 0.29) is 18.8 Å². The SMILES string of the molecule is C#CCNC(=O)COC(=O)c1csc(-c2ccc(C)cc2)n1. The molecule has 0 radical (unpaired) electrons. The van der Waals surface area contributed by atoms with E-state index in [1.165, 1.54) is 11.3 Å². The molecular formula is C16H14N2O3S. The predicted octanol–water partition coefficient (Wildman–Crippen LogP) is 2.02. The van der Waals surface area contributed by atoms with Crippen LogP contribution in [0.25, 0.3) is 10.6 Å². The highest BCUT2D eigenvalue weighted by Crippen LogP contribution is 2.24. The molecule has 0 bridgehead atoms. The number of rotatable bonds is 5. The first-order chi connectivity index (χ1) is 10.6. The largest absolute Gasteiger partial charge is 0.451 e. The van der Waals surface area contributed by atoms with Gasteiger partial charge in [0, 0.05) is 10.9 Å². The fourth-order valence-electron chi connectivity index (χ4n) is 1.60. The minimum absolute atomic E-state index is 0.102. The van der Waals surface area contributed by atoms with E-state index in [4.69, 9.17) is 11.2 Å². The molecule has 1 N–H and O–H groups in total. The molecule has 0 saturated heterocycles. The second-order valence-electron chi connectivity index (χ2n) is 4.46. The summed E-state index contributed by atoms with van der Waals surface area (Å²) in [5.41, 5.74) is 2.27. The van der Waals surface area contributed by atoms with Gasteiger partial charge in [0.25, 0.3) is 5.91 Å². The third-order valence-electron chi connectivity index (χ3n) is 2.73. The fourth-order valence-corrected chi connectivity index (χ4v) is 2.40. The number of esters is 1. The van der Waals surface area contributed by atoms with Crippen molar-refractivity contribution in [3.8, 4) is 22.9 Å². The molecule has 1 amide bonds. The average Bonchev–Trinajstić information content (AvgIpc) is 3.01. The van der Waals surface area contributed by atoms with Gasteiger partial charge in [0.1, 0.15) is 5.01 Å². The first kappa shape index (κ1) is 15.7. The summed E-state index contributed by atoms with van der Waals surface area (Å²) in [5, 5.41) is 4.74. The maximum absolute atomic E-state index is 11.8. The van der Waals surface area contributed by atoms with E-state index in [9.17, 15) is 9.59 Å². The van der Waals surface area contributed by atoms with Crippen LogP contribution in [0, 0.1) is 19.3 Å². The van der Waals surface area contributed by atoms with Crippen LogP contribution in [0.4, 0.5) is 0 Å². The molecular weight excluding hydrogens is 300 g/mol. The van der Waals surface area contributed by atoms with Gasteiger partial charge in [-0.1, -0.05) is 35.7 Å². The van der Waals surface area contributed by atoms with Crippen molar-refractivity contribution in [3.05, 3.63) is 40.9 Å². The van der Waals surface area contributed by atoms with E-state index in [1.807, 2.05) is 31.2 Å². The fraction of sp³-hybridized carbons (Fsp3) is 0.188. The molecule has 1 aromatic carbocycles. The van der Waals surface area contributed by atoms with Crippen LogP contribution in [0.5, 0.6) is 0 Å². The summed E-state index contributed by atoms with van der Waals surface area (Å²) < 4.78 is 4.88. The number of thiazole rings is 1. The van der Waals surface area contributed by atoms with Gasteiger partial charge in [0.05, 0.1) is 6.54 Å². The van der Waals surface area contributed by atoms with Gasteiger partial charge >= 0.3 is 5.97 Å². The van der Waals surface area contributed by atoms with Crippen molar-refractivity contribution in [1.82, 2.24) is 10.3 Å². The number of hydrogen-bond donors (Lipinski definition) is 1. The van der Waals surface area contributed by atoms with E-state index >= 15 is 0 Å². The van der Waals surface area contributed by atoms with Gasteiger partial charge in [-0.3, -0.25) is 4.79 Å². The van der Waals surface area contributed by atoms with E-state index in [2.05, 4.69) is 16.2 Å². The Kier molecular flexibility index (Phi) is 5.28. The lowest BCUT2D eigenvalue weighted by atomic mass is 10.2. The van der Waals surface area contributed by atoms with Crippen LogP contribution in [-0.4, -0.2) is 30.0 Å². The number of amides is 1. The summed E-state index contributed by atoms with van der Waals surface area (Å²) in [7, 11) is 0. The van der Waals surface area contributed by atoms with Gasteiger partial charge in [-0.2, -0.15) is 0 Å². The van der Waals surface area contributed by atoms with E-state index in [1.54, 1.807) is 5.38 Å². The lowest BCUT2D eigenvalue weighted by Gasteiger charge is -2.02. The van der Waals surface area contributed by atoms with Crippen molar-refractivity contribution < 1.29 is 14.3 Å². The number of nitrogens with one attached hydrogen (secondary N) is 1. The molecule has 1 aromatic heterocycles. The molecule has 0 aliphatic rings. The summed E-state index contributed by atoms with van der Waals surface area (Å²) in [6.45, 7) is 1.72. The van der Waals surface area contributed by atoms with Crippen molar-refractivity contribution in [3.63, 3.8) is 0 Å². The number of terminal acetylenes is 1. The minimum Gasteiger partial charge on any atom is -0.451 e. The molecule has 6 heteroatoms. The molecule has 2 aromatic rings. The number of carbonyl (C=O) groups excluding carboxylic acids is 2. The Labute approximate surface area is 132 Å². The Hall–Kier alpha value is -2.65. The van der Waals surface area contributed by atoms with Crippen LogP contribution >= 0.6 is 11.3 Å². The predicted molar refractivity (Wildman–Crippen MR) is 84.4 cm³/mol. The van der Waals surface area contributed by atoms with Crippen molar-refractivity contribution >= 4 is 23.2 Å². The molecule has 0 aliphatic carbocycles. The summed E-state index contributed by atoms with van der Waals surface area (Å²) in [5.74, 6) is 1.18.